The molecule has 44 valence electrons. The molecular weight excluding hydrogens is 114 g/mol. The average molecular weight is 126 g/mol. The van der Waals surface area contributed by atoms with Gasteiger partial charge in [-0.1, -0.05) is 0 Å². The van der Waals surface area contributed by atoms with Crippen molar-refractivity contribution in [2.75, 3.05) is 13.2 Å². The van der Waals surface area contributed by atoms with Gasteiger partial charge in [0, 0.05) is 13.2 Å². The van der Waals surface area contributed by atoms with Crippen molar-refractivity contribution in [3.63, 3.8) is 0 Å². The normalized spacial score (nSPS) is 7.75. The van der Waals surface area contributed by atoms with Crippen LogP contribution in [0.15, 0.2) is 0 Å². The van der Waals surface area contributed by atoms with Crippen molar-refractivity contribution >= 4 is 34.7 Å². The van der Waals surface area contributed by atoms with Crippen LogP contribution in [0.4, 0.5) is 0 Å². The molecule has 0 saturated carbocycles. The van der Waals surface area contributed by atoms with E-state index in [-0.39, 0.29) is 18.9 Å². The molecule has 2 nitrogen and oxygen atoms in total. The predicted octanol–water partition coefficient (Wildman–Crippen LogP) is -0.323. The Morgan fingerprint density at radius 2 is 1.50 bits per heavy atom. The number of rotatable bonds is 4. The minimum absolute atomic E-state index is 0. The van der Waals surface area contributed by atoms with Crippen LogP contribution in [-0.4, -0.2) is 48.0 Å². The summed E-state index contributed by atoms with van der Waals surface area (Å²) in [7, 11) is 0. The molecule has 0 heterocycles. The van der Waals surface area contributed by atoms with Crippen LogP contribution in [0, 0.1) is 0 Å². The van der Waals surface area contributed by atoms with E-state index in [1.165, 1.54) is 0 Å². The molecule has 0 fully saturated rings. The molecule has 8 heavy (non-hydrogen) atoms. The molecule has 0 saturated heterocycles. The zero-order valence-corrected chi connectivity index (χ0v) is 6.35. The summed E-state index contributed by atoms with van der Waals surface area (Å²) in [5, 5.41) is 0. The molecule has 0 bridgehead atoms. The second kappa shape index (κ2) is 10.9. The molecule has 4 heteroatoms. The van der Waals surface area contributed by atoms with Crippen LogP contribution in [-0.2, 0) is 7.58 Å². The summed E-state index contributed by atoms with van der Waals surface area (Å²) in [4.78, 5) is 0. The van der Waals surface area contributed by atoms with E-state index >= 15 is 0 Å². The number of hydrogen-bond donors (Lipinski definition) is 0. The first-order chi connectivity index (χ1) is 3.41. The van der Waals surface area contributed by atoms with Gasteiger partial charge in [0.1, 0.15) is 0 Å². The van der Waals surface area contributed by atoms with Crippen LogP contribution >= 0.6 is 0 Å². The molecule has 0 amide bonds. The SMILES string of the molecule is CC[O][AlH][O]CC.[LiH]. The quantitative estimate of drug-likeness (QED) is 0.379. The Morgan fingerprint density at radius 3 is 1.75 bits per heavy atom. The van der Waals surface area contributed by atoms with Crippen LogP contribution in [0.5, 0.6) is 0 Å². The Labute approximate surface area is 69.5 Å². The van der Waals surface area contributed by atoms with Crippen LogP contribution in [0.3, 0.4) is 0 Å². The van der Waals surface area contributed by atoms with E-state index in [1.54, 1.807) is 0 Å². The summed E-state index contributed by atoms with van der Waals surface area (Å²) in [6.07, 6.45) is 0. The maximum absolute atomic E-state index is 4.99. The summed E-state index contributed by atoms with van der Waals surface area (Å²) in [5.74, 6) is 0. The molecule has 0 atom stereocenters. The van der Waals surface area contributed by atoms with Gasteiger partial charge in [0.25, 0.3) is 0 Å². The second-order valence-corrected chi connectivity index (χ2v) is 2.16. The van der Waals surface area contributed by atoms with E-state index in [1.807, 2.05) is 13.8 Å². The van der Waals surface area contributed by atoms with Crippen molar-refractivity contribution in [2.45, 2.75) is 13.8 Å². The summed E-state index contributed by atoms with van der Waals surface area (Å²) >= 11 is -0.589. The Bertz CT molecular complexity index is 33.2. The van der Waals surface area contributed by atoms with Gasteiger partial charge in [-0.05, 0) is 13.8 Å². The molecule has 0 aliphatic carbocycles. The van der Waals surface area contributed by atoms with Crippen LogP contribution in [0.25, 0.3) is 0 Å². The average Bonchev–Trinajstić information content (AvgIpc) is 1.69. The third-order valence-electron chi connectivity index (χ3n) is 0.575. The minimum atomic E-state index is -0.589. The fourth-order valence-electron chi connectivity index (χ4n) is 0.226. The van der Waals surface area contributed by atoms with E-state index in [2.05, 4.69) is 0 Å². The summed E-state index contributed by atoms with van der Waals surface area (Å²) < 4.78 is 9.98. The van der Waals surface area contributed by atoms with Gasteiger partial charge in [-0.25, -0.2) is 0 Å². The van der Waals surface area contributed by atoms with Crippen LogP contribution in [0.1, 0.15) is 13.8 Å². The molecule has 0 radical (unpaired) electrons. The van der Waals surface area contributed by atoms with Gasteiger partial charge in [-0.2, -0.15) is 0 Å². The second-order valence-electron chi connectivity index (χ2n) is 1.10. The van der Waals surface area contributed by atoms with Crippen molar-refractivity contribution in [1.82, 2.24) is 0 Å². The molecule has 0 aromatic rings. The molecule has 0 spiro atoms. The van der Waals surface area contributed by atoms with E-state index in [9.17, 15) is 0 Å². The van der Waals surface area contributed by atoms with Gasteiger partial charge < -0.3 is 7.58 Å². The summed E-state index contributed by atoms with van der Waals surface area (Å²) in [6, 6.07) is 0. The van der Waals surface area contributed by atoms with Gasteiger partial charge in [0.05, 0.1) is 0 Å². The first kappa shape index (κ1) is 11.8. The third-order valence-corrected chi connectivity index (χ3v) is 1.72. The van der Waals surface area contributed by atoms with Crippen LogP contribution < -0.4 is 0 Å². The molecular formula is C4H12AlLiO2. The van der Waals surface area contributed by atoms with Crippen molar-refractivity contribution < 1.29 is 7.58 Å². The van der Waals surface area contributed by atoms with Crippen LogP contribution in [0.2, 0.25) is 0 Å². The number of hydrogen-bond acceptors (Lipinski definition) is 2. The van der Waals surface area contributed by atoms with Gasteiger partial charge in [0.2, 0.25) is 0 Å². The van der Waals surface area contributed by atoms with E-state index in [0.717, 1.165) is 13.2 Å². The topological polar surface area (TPSA) is 18.5 Å². The first-order valence-electron chi connectivity index (χ1n) is 2.57. The molecule has 0 aromatic heterocycles. The molecule has 0 unspecified atom stereocenters. The third kappa shape index (κ3) is 10.1. The van der Waals surface area contributed by atoms with Gasteiger partial charge in [-0.3, -0.25) is 0 Å². The van der Waals surface area contributed by atoms with E-state index in [0.29, 0.717) is 0 Å². The zero-order valence-electron chi connectivity index (χ0n) is 4.94. The van der Waals surface area contributed by atoms with Gasteiger partial charge in [0.15, 0.2) is 0 Å². The standard InChI is InChI=1S/2C2H5O.Al.Li.2H/c2*1-2-3;;;;/h2*2H2,1H3;;;;/q2*-1;+2;;;. The predicted molar refractivity (Wildman–Crippen MR) is 37.5 cm³/mol. The summed E-state index contributed by atoms with van der Waals surface area (Å²) in [5.41, 5.74) is 0. The monoisotopic (exact) mass is 126 g/mol. The Morgan fingerprint density at radius 1 is 1.12 bits per heavy atom. The van der Waals surface area contributed by atoms with Crippen molar-refractivity contribution in [1.29, 1.82) is 0 Å². The fourth-order valence-corrected chi connectivity index (χ4v) is 0.677. The van der Waals surface area contributed by atoms with E-state index < -0.39 is 15.9 Å². The Hall–Kier alpha value is 1.05. The van der Waals surface area contributed by atoms with Gasteiger partial charge >= 0.3 is 34.7 Å². The summed E-state index contributed by atoms with van der Waals surface area (Å²) in [6.45, 7) is 5.55. The Kier molecular flexibility index (Phi) is 16.1. The van der Waals surface area contributed by atoms with Crippen molar-refractivity contribution in [3.05, 3.63) is 0 Å². The van der Waals surface area contributed by atoms with Gasteiger partial charge in [-0.15, -0.1) is 0 Å². The zero-order chi connectivity index (χ0) is 5.54. The molecule has 0 aliphatic heterocycles. The van der Waals surface area contributed by atoms with Crippen molar-refractivity contribution in [3.8, 4) is 0 Å². The maximum atomic E-state index is 4.99. The van der Waals surface area contributed by atoms with E-state index in [4.69, 9.17) is 7.58 Å². The molecule has 0 N–H and O–H groups in total. The van der Waals surface area contributed by atoms with Crippen molar-refractivity contribution in [2.24, 2.45) is 0 Å². The fraction of sp³-hybridized carbons (Fsp3) is 1.00. The molecule has 0 rings (SSSR count). The first-order valence-corrected chi connectivity index (χ1v) is 3.72. The molecule has 0 aromatic carbocycles. The molecule has 0 aliphatic rings. The Balaban J connectivity index is 0.